The minimum atomic E-state index is -0.132. The molecule has 2 aromatic rings. The van der Waals surface area contributed by atoms with Crippen LogP contribution >= 0.6 is 23.2 Å². The minimum absolute atomic E-state index is 0.0285. The maximum atomic E-state index is 12.4. The summed E-state index contributed by atoms with van der Waals surface area (Å²) in [6.45, 7) is 2.00. The van der Waals surface area contributed by atoms with Crippen molar-refractivity contribution < 1.29 is 14.0 Å². The first-order valence-electron chi connectivity index (χ1n) is 9.29. The fourth-order valence-electron chi connectivity index (χ4n) is 3.22. The van der Waals surface area contributed by atoms with E-state index in [2.05, 4.69) is 10.6 Å². The molecule has 0 radical (unpaired) electrons. The molecule has 0 atom stereocenters. The Labute approximate surface area is 174 Å². The molecule has 1 aromatic carbocycles. The van der Waals surface area contributed by atoms with Crippen LogP contribution in [0.1, 0.15) is 24.2 Å². The fourth-order valence-corrected chi connectivity index (χ4v) is 3.72. The Kier molecular flexibility index (Phi) is 7.23. The summed E-state index contributed by atoms with van der Waals surface area (Å²) in [5.74, 6) is 0.666. The van der Waals surface area contributed by atoms with Crippen LogP contribution in [0, 0.1) is 5.92 Å². The van der Waals surface area contributed by atoms with E-state index < -0.39 is 0 Å². The van der Waals surface area contributed by atoms with Gasteiger partial charge in [0.1, 0.15) is 5.76 Å². The number of carbonyl (C=O) groups excluding carboxylic acids is 2. The van der Waals surface area contributed by atoms with Gasteiger partial charge < -0.3 is 20.0 Å². The predicted molar refractivity (Wildman–Crippen MR) is 108 cm³/mol. The van der Waals surface area contributed by atoms with Crippen LogP contribution in [0.2, 0.25) is 10.0 Å². The number of furan rings is 1. The lowest BCUT2D eigenvalue weighted by Gasteiger charge is -2.31. The normalized spacial score (nSPS) is 14.7. The lowest BCUT2D eigenvalue weighted by Crippen LogP contribution is -2.46. The van der Waals surface area contributed by atoms with Crippen molar-refractivity contribution in [3.63, 3.8) is 0 Å². The highest BCUT2D eigenvalue weighted by molar-refractivity contribution is 6.35. The number of benzene rings is 1. The molecule has 3 amide bonds. The third-order valence-corrected chi connectivity index (χ3v) is 5.44. The molecule has 1 aliphatic heterocycles. The topological polar surface area (TPSA) is 74.6 Å². The van der Waals surface area contributed by atoms with E-state index in [0.29, 0.717) is 61.2 Å². The SMILES string of the molecule is O=C(NCCc1ccc(Cl)cc1Cl)C1CCN(C(=O)NCc2ccco2)CC1. The van der Waals surface area contributed by atoms with Crippen molar-refractivity contribution in [2.24, 2.45) is 5.92 Å². The Balaban J connectivity index is 1.36. The quantitative estimate of drug-likeness (QED) is 0.740. The predicted octanol–water partition coefficient (Wildman–Crippen LogP) is 3.87. The second kappa shape index (κ2) is 9.85. The van der Waals surface area contributed by atoms with Gasteiger partial charge in [-0.25, -0.2) is 4.79 Å². The van der Waals surface area contributed by atoms with Crippen LogP contribution in [0.15, 0.2) is 41.0 Å². The summed E-state index contributed by atoms with van der Waals surface area (Å²) in [5, 5.41) is 7.00. The van der Waals surface area contributed by atoms with Crippen molar-refractivity contribution in [1.82, 2.24) is 15.5 Å². The van der Waals surface area contributed by atoms with E-state index in [0.717, 1.165) is 5.56 Å². The van der Waals surface area contributed by atoms with Gasteiger partial charge in [0.25, 0.3) is 0 Å². The van der Waals surface area contributed by atoms with Gasteiger partial charge in [-0.3, -0.25) is 4.79 Å². The molecular formula is C20H23Cl2N3O3. The molecule has 2 N–H and O–H groups in total. The Morgan fingerprint density at radius 3 is 2.61 bits per heavy atom. The fraction of sp³-hybridized carbons (Fsp3) is 0.400. The van der Waals surface area contributed by atoms with Crippen molar-refractivity contribution in [1.29, 1.82) is 0 Å². The summed E-state index contributed by atoms with van der Waals surface area (Å²) in [6.07, 6.45) is 3.53. The molecule has 1 aromatic heterocycles. The summed E-state index contributed by atoms with van der Waals surface area (Å²) >= 11 is 12.0. The lowest BCUT2D eigenvalue weighted by molar-refractivity contribution is -0.126. The highest BCUT2D eigenvalue weighted by Crippen LogP contribution is 2.21. The Morgan fingerprint density at radius 2 is 1.93 bits per heavy atom. The molecule has 0 bridgehead atoms. The van der Waals surface area contributed by atoms with Gasteiger partial charge in [0.05, 0.1) is 12.8 Å². The Hall–Kier alpha value is -2.18. The summed E-state index contributed by atoms with van der Waals surface area (Å²) < 4.78 is 5.20. The van der Waals surface area contributed by atoms with Crippen LogP contribution in [-0.2, 0) is 17.8 Å². The van der Waals surface area contributed by atoms with Crippen LogP contribution in [0.4, 0.5) is 4.79 Å². The highest BCUT2D eigenvalue weighted by atomic mass is 35.5. The molecule has 3 rings (SSSR count). The van der Waals surface area contributed by atoms with Crippen LogP contribution in [0.5, 0.6) is 0 Å². The van der Waals surface area contributed by atoms with Crippen molar-refractivity contribution in [2.45, 2.75) is 25.8 Å². The van der Waals surface area contributed by atoms with Gasteiger partial charge in [-0.1, -0.05) is 29.3 Å². The second-order valence-electron chi connectivity index (χ2n) is 6.78. The van der Waals surface area contributed by atoms with Crippen LogP contribution < -0.4 is 10.6 Å². The summed E-state index contributed by atoms with van der Waals surface area (Å²) in [5.41, 5.74) is 0.953. The molecule has 0 aliphatic carbocycles. The number of urea groups is 1. The number of hydrogen-bond acceptors (Lipinski definition) is 3. The lowest BCUT2D eigenvalue weighted by atomic mass is 9.96. The zero-order valence-electron chi connectivity index (χ0n) is 15.4. The molecule has 1 fully saturated rings. The Bertz CT molecular complexity index is 803. The van der Waals surface area contributed by atoms with E-state index in [4.69, 9.17) is 27.6 Å². The van der Waals surface area contributed by atoms with Gasteiger partial charge in [-0.2, -0.15) is 0 Å². The maximum absolute atomic E-state index is 12.4. The molecule has 6 nitrogen and oxygen atoms in total. The Morgan fingerprint density at radius 1 is 1.14 bits per heavy atom. The molecular weight excluding hydrogens is 401 g/mol. The van der Waals surface area contributed by atoms with E-state index in [1.807, 2.05) is 12.1 Å². The van der Waals surface area contributed by atoms with Crippen LogP contribution in [0.25, 0.3) is 0 Å². The van der Waals surface area contributed by atoms with Crippen molar-refractivity contribution in [3.8, 4) is 0 Å². The number of nitrogens with one attached hydrogen (secondary N) is 2. The summed E-state index contributed by atoms with van der Waals surface area (Å²) in [6, 6.07) is 8.83. The summed E-state index contributed by atoms with van der Waals surface area (Å²) in [7, 11) is 0. The second-order valence-corrected chi connectivity index (χ2v) is 7.62. The third-order valence-electron chi connectivity index (χ3n) is 4.86. The van der Waals surface area contributed by atoms with E-state index in [9.17, 15) is 9.59 Å². The monoisotopic (exact) mass is 423 g/mol. The zero-order chi connectivity index (χ0) is 19.9. The molecule has 2 heterocycles. The van der Waals surface area contributed by atoms with Crippen LogP contribution in [0.3, 0.4) is 0 Å². The average molecular weight is 424 g/mol. The number of hydrogen-bond donors (Lipinski definition) is 2. The van der Waals surface area contributed by atoms with Gasteiger partial charge in [0.2, 0.25) is 5.91 Å². The molecule has 150 valence electrons. The first-order valence-corrected chi connectivity index (χ1v) is 10.1. The average Bonchev–Trinajstić information content (AvgIpc) is 3.21. The van der Waals surface area contributed by atoms with Crippen molar-refractivity contribution in [2.75, 3.05) is 19.6 Å². The molecule has 8 heteroatoms. The smallest absolute Gasteiger partial charge is 0.317 e. The molecule has 0 saturated carbocycles. The van der Waals surface area contributed by atoms with E-state index in [-0.39, 0.29) is 17.9 Å². The number of halogens is 2. The van der Waals surface area contributed by atoms with E-state index in [1.165, 1.54) is 0 Å². The first kappa shape index (κ1) is 20.6. The zero-order valence-corrected chi connectivity index (χ0v) is 16.9. The van der Waals surface area contributed by atoms with Gasteiger partial charge in [0.15, 0.2) is 0 Å². The largest absolute Gasteiger partial charge is 0.467 e. The first-order chi connectivity index (χ1) is 13.5. The van der Waals surface area contributed by atoms with Gasteiger partial charge >= 0.3 is 6.03 Å². The number of piperidine rings is 1. The third kappa shape index (κ3) is 5.66. The summed E-state index contributed by atoms with van der Waals surface area (Å²) in [4.78, 5) is 26.3. The number of rotatable bonds is 6. The molecule has 1 aliphatic rings. The van der Waals surface area contributed by atoms with Gasteiger partial charge in [-0.05, 0) is 49.1 Å². The maximum Gasteiger partial charge on any atom is 0.317 e. The number of carbonyl (C=O) groups is 2. The van der Waals surface area contributed by atoms with E-state index >= 15 is 0 Å². The number of nitrogens with zero attached hydrogens (tertiary/aromatic N) is 1. The minimum Gasteiger partial charge on any atom is -0.467 e. The number of likely N-dealkylation sites (tertiary alicyclic amines) is 1. The van der Waals surface area contributed by atoms with Crippen molar-refractivity contribution in [3.05, 3.63) is 58.0 Å². The van der Waals surface area contributed by atoms with E-state index in [1.54, 1.807) is 29.4 Å². The van der Waals surface area contributed by atoms with Crippen LogP contribution in [-0.4, -0.2) is 36.5 Å². The molecule has 0 spiro atoms. The van der Waals surface area contributed by atoms with Gasteiger partial charge in [0, 0.05) is 35.6 Å². The highest BCUT2D eigenvalue weighted by Gasteiger charge is 2.27. The number of amides is 3. The van der Waals surface area contributed by atoms with Crippen molar-refractivity contribution >= 4 is 35.1 Å². The molecule has 28 heavy (non-hydrogen) atoms. The molecule has 0 unspecified atom stereocenters. The molecule has 1 saturated heterocycles. The van der Waals surface area contributed by atoms with Gasteiger partial charge in [-0.15, -0.1) is 0 Å². The standard InChI is InChI=1S/C20H23Cl2N3O3/c21-16-4-3-14(18(22)12-16)5-8-23-19(26)15-6-9-25(10-7-15)20(27)24-13-17-2-1-11-28-17/h1-4,11-12,15H,5-10,13H2,(H,23,26)(H,24,27).